The van der Waals surface area contributed by atoms with E-state index in [-0.39, 0.29) is 18.2 Å². The van der Waals surface area contributed by atoms with Crippen LogP contribution in [0.3, 0.4) is 0 Å². The highest BCUT2D eigenvalue weighted by Crippen LogP contribution is 1.96. The Kier molecular flexibility index (Phi) is 4.25. The average molecular weight is 224 g/mol. The van der Waals surface area contributed by atoms with Crippen LogP contribution in [0.15, 0.2) is 16.9 Å². The molecule has 0 spiro atoms. The number of aryl methyl sites for hydroxylation is 1. The number of rotatable bonds is 4. The molecule has 88 valence electrons. The van der Waals surface area contributed by atoms with E-state index in [2.05, 4.69) is 10.3 Å². The molecule has 1 rings (SSSR count). The lowest BCUT2D eigenvalue weighted by molar-refractivity contribution is 0.0913. The molecule has 0 saturated carbocycles. The SMILES string of the molecule is CCC(CO)NC(=O)c1ccc(C)[nH]c1=O. The molecule has 1 aromatic rings. The van der Waals surface area contributed by atoms with Gasteiger partial charge in [0.1, 0.15) is 5.56 Å². The average Bonchev–Trinajstić information content (AvgIpc) is 2.25. The topological polar surface area (TPSA) is 82.2 Å². The Morgan fingerprint density at radius 3 is 2.75 bits per heavy atom. The Morgan fingerprint density at radius 1 is 1.56 bits per heavy atom. The van der Waals surface area contributed by atoms with Gasteiger partial charge in [-0.3, -0.25) is 9.59 Å². The lowest BCUT2D eigenvalue weighted by atomic mass is 10.2. The highest BCUT2D eigenvalue weighted by Gasteiger charge is 2.13. The van der Waals surface area contributed by atoms with E-state index in [1.807, 2.05) is 6.92 Å². The molecule has 0 radical (unpaired) electrons. The number of pyridine rings is 1. The summed E-state index contributed by atoms with van der Waals surface area (Å²) in [6, 6.07) is 2.83. The van der Waals surface area contributed by atoms with Crippen molar-refractivity contribution >= 4 is 5.91 Å². The van der Waals surface area contributed by atoms with Crippen LogP contribution in [0.4, 0.5) is 0 Å². The molecule has 0 aliphatic rings. The van der Waals surface area contributed by atoms with Crippen LogP contribution >= 0.6 is 0 Å². The molecule has 0 aliphatic heterocycles. The number of aromatic nitrogens is 1. The van der Waals surface area contributed by atoms with E-state index in [1.165, 1.54) is 6.07 Å². The monoisotopic (exact) mass is 224 g/mol. The van der Waals surface area contributed by atoms with Gasteiger partial charge in [0, 0.05) is 5.69 Å². The molecule has 16 heavy (non-hydrogen) atoms. The largest absolute Gasteiger partial charge is 0.394 e. The molecule has 1 unspecified atom stereocenters. The molecule has 1 heterocycles. The number of carbonyl (C=O) groups excluding carboxylic acids is 1. The zero-order valence-corrected chi connectivity index (χ0v) is 9.41. The number of H-pyrrole nitrogens is 1. The fourth-order valence-electron chi connectivity index (χ4n) is 1.29. The first kappa shape index (κ1) is 12.4. The van der Waals surface area contributed by atoms with Crippen LogP contribution < -0.4 is 10.9 Å². The summed E-state index contributed by atoms with van der Waals surface area (Å²) in [5, 5.41) is 11.5. The van der Waals surface area contributed by atoms with Gasteiger partial charge in [0.15, 0.2) is 0 Å². The predicted molar refractivity (Wildman–Crippen MR) is 60.4 cm³/mol. The minimum absolute atomic E-state index is 0.0671. The molecular formula is C11H16N2O3. The quantitative estimate of drug-likeness (QED) is 0.682. The number of aromatic amines is 1. The van der Waals surface area contributed by atoms with Crippen molar-refractivity contribution in [2.24, 2.45) is 0 Å². The van der Waals surface area contributed by atoms with Crippen molar-refractivity contribution in [3.05, 3.63) is 33.7 Å². The van der Waals surface area contributed by atoms with E-state index in [0.29, 0.717) is 12.1 Å². The van der Waals surface area contributed by atoms with Gasteiger partial charge < -0.3 is 15.4 Å². The standard InChI is InChI=1S/C11H16N2O3/c1-3-8(6-14)13-11(16)9-5-4-7(2)12-10(9)15/h4-5,8,14H,3,6H2,1-2H3,(H,12,15)(H,13,16). The van der Waals surface area contributed by atoms with Gasteiger partial charge in [-0.25, -0.2) is 0 Å². The second-order valence-corrected chi connectivity index (χ2v) is 3.65. The van der Waals surface area contributed by atoms with Crippen molar-refractivity contribution < 1.29 is 9.90 Å². The summed E-state index contributed by atoms with van der Waals surface area (Å²) in [7, 11) is 0. The number of nitrogens with one attached hydrogen (secondary N) is 2. The maximum atomic E-state index is 11.7. The Labute approximate surface area is 93.5 Å². The summed E-state index contributed by atoms with van der Waals surface area (Å²) in [4.78, 5) is 25.7. The van der Waals surface area contributed by atoms with Crippen molar-refractivity contribution in [3.63, 3.8) is 0 Å². The second kappa shape index (κ2) is 5.46. The third-order valence-electron chi connectivity index (χ3n) is 2.35. The zero-order chi connectivity index (χ0) is 12.1. The lowest BCUT2D eigenvalue weighted by Crippen LogP contribution is -2.39. The number of aliphatic hydroxyl groups excluding tert-OH is 1. The van der Waals surface area contributed by atoms with Gasteiger partial charge in [-0.2, -0.15) is 0 Å². The molecule has 0 bridgehead atoms. The van der Waals surface area contributed by atoms with Crippen LogP contribution in [-0.2, 0) is 0 Å². The van der Waals surface area contributed by atoms with Crippen LogP contribution in [0, 0.1) is 6.92 Å². The Bertz CT molecular complexity index is 421. The fraction of sp³-hybridized carbons (Fsp3) is 0.455. The summed E-state index contributed by atoms with van der Waals surface area (Å²) in [6.07, 6.45) is 0.617. The van der Waals surface area contributed by atoms with Gasteiger partial charge in [-0.15, -0.1) is 0 Å². The van der Waals surface area contributed by atoms with Crippen molar-refractivity contribution in [1.82, 2.24) is 10.3 Å². The summed E-state index contributed by atoms with van der Waals surface area (Å²) in [5.41, 5.74) is 0.360. The Hall–Kier alpha value is -1.62. The molecule has 5 nitrogen and oxygen atoms in total. The molecule has 0 fully saturated rings. The molecule has 1 amide bonds. The fourth-order valence-corrected chi connectivity index (χ4v) is 1.29. The number of amides is 1. The summed E-state index contributed by atoms with van der Waals surface area (Å²) in [5.74, 6) is -0.456. The van der Waals surface area contributed by atoms with Gasteiger partial charge in [0.05, 0.1) is 12.6 Å². The maximum Gasteiger partial charge on any atom is 0.260 e. The van der Waals surface area contributed by atoms with Crippen molar-refractivity contribution in [1.29, 1.82) is 0 Å². The second-order valence-electron chi connectivity index (χ2n) is 3.65. The van der Waals surface area contributed by atoms with E-state index in [1.54, 1.807) is 13.0 Å². The van der Waals surface area contributed by atoms with Gasteiger partial charge in [-0.05, 0) is 25.5 Å². The molecule has 0 aliphatic carbocycles. The van der Waals surface area contributed by atoms with Gasteiger partial charge in [-0.1, -0.05) is 6.92 Å². The maximum absolute atomic E-state index is 11.7. The van der Waals surface area contributed by atoms with E-state index in [0.717, 1.165) is 0 Å². The molecule has 0 aromatic carbocycles. The number of hydrogen-bond donors (Lipinski definition) is 3. The third-order valence-corrected chi connectivity index (χ3v) is 2.35. The van der Waals surface area contributed by atoms with Crippen LogP contribution in [0.5, 0.6) is 0 Å². The molecule has 1 aromatic heterocycles. The first-order valence-corrected chi connectivity index (χ1v) is 5.20. The number of carbonyl (C=O) groups is 1. The van der Waals surface area contributed by atoms with Crippen LogP contribution in [0.25, 0.3) is 0 Å². The van der Waals surface area contributed by atoms with Crippen molar-refractivity contribution in [3.8, 4) is 0 Å². The van der Waals surface area contributed by atoms with E-state index >= 15 is 0 Å². The van der Waals surface area contributed by atoms with Gasteiger partial charge in [0.25, 0.3) is 11.5 Å². The van der Waals surface area contributed by atoms with Gasteiger partial charge >= 0.3 is 0 Å². The van der Waals surface area contributed by atoms with Crippen molar-refractivity contribution in [2.45, 2.75) is 26.3 Å². The van der Waals surface area contributed by atoms with Crippen LogP contribution in [0.1, 0.15) is 29.4 Å². The van der Waals surface area contributed by atoms with E-state index in [4.69, 9.17) is 5.11 Å². The smallest absolute Gasteiger partial charge is 0.260 e. The molecule has 0 saturated heterocycles. The third kappa shape index (κ3) is 2.93. The minimum atomic E-state index is -0.456. The van der Waals surface area contributed by atoms with Crippen LogP contribution in [0.2, 0.25) is 0 Å². The van der Waals surface area contributed by atoms with Gasteiger partial charge in [0.2, 0.25) is 0 Å². The first-order chi connectivity index (χ1) is 7.58. The lowest BCUT2D eigenvalue weighted by Gasteiger charge is -2.13. The molecule has 1 atom stereocenters. The summed E-state index contributed by atoms with van der Waals surface area (Å²) in [6.45, 7) is 3.46. The summed E-state index contributed by atoms with van der Waals surface area (Å²) < 4.78 is 0. The molecular weight excluding hydrogens is 208 g/mol. The molecule has 5 heteroatoms. The highest BCUT2D eigenvalue weighted by molar-refractivity contribution is 5.93. The van der Waals surface area contributed by atoms with Crippen molar-refractivity contribution in [2.75, 3.05) is 6.61 Å². The van der Waals surface area contributed by atoms with Crippen LogP contribution in [-0.4, -0.2) is 28.6 Å². The molecule has 3 N–H and O–H groups in total. The summed E-state index contributed by atoms with van der Waals surface area (Å²) >= 11 is 0. The Balaban J connectivity index is 2.85. The number of hydrogen-bond acceptors (Lipinski definition) is 3. The minimum Gasteiger partial charge on any atom is -0.394 e. The van der Waals surface area contributed by atoms with E-state index in [9.17, 15) is 9.59 Å². The normalized spacial score (nSPS) is 12.2. The highest BCUT2D eigenvalue weighted by atomic mass is 16.3. The Morgan fingerprint density at radius 2 is 2.25 bits per heavy atom. The number of aliphatic hydroxyl groups is 1. The predicted octanol–water partition coefficient (Wildman–Crippen LogP) is 0.184. The zero-order valence-electron chi connectivity index (χ0n) is 9.41. The van der Waals surface area contributed by atoms with E-state index < -0.39 is 11.5 Å². The first-order valence-electron chi connectivity index (χ1n) is 5.20.